The smallest absolute Gasteiger partial charge is 0.338 e. The number of carbonyl (C=O) groups excluding carboxylic acids is 4. The number of ketones is 2. The number of nitrogens with two attached hydrogens (primary N) is 2. The first-order chi connectivity index (χ1) is 31.5. The Balaban J connectivity index is 1.37. The maximum atomic E-state index is 14.2. The third kappa shape index (κ3) is 15.0. The fourth-order valence-electron chi connectivity index (χ4n) is 7.89. The van der Waals surface area contributed by atoms with Crippen molar-refractivity contribution >= 4 is 50.9 Å². The van der Waals surface area contributed by atoms with Crippen molar-refractivity contribution in [2.24, 2.45) is 29.2 Å². The third-order valence-corrected chi connectivity index (χ3v) is 11.4. The van der Waals surface area contributed by atoms with Gasteiger partial charge in [-0.3, -0.25) is 35.6 Å². The summed E-state index contributed by atoms with van der Waals surface area (Å²) in [5.41, 5.74) is 17.7. The number of quaternary nitrogens is 1. The number of unbranched alkanes of at least 4 members (excludes halogenated alkanes) is 1. The van der Waals surface area contributed by atoms with E-state index in [-0.39, 0.29) is 56.4 Å². The second-order valence-electron chi connectivity index (χ2n) is 17.0. The quantitative estimate of drug-likeness (QED) is 0.0132. The molecule has 5 aromatic carbocycles. The van der Waals surface area contributed by atoms with Gasteiger partial charge in [-0.05, 0) is 90.1 Å². The van der Waals surface area contributed by atoms with E-state index >= 15 is 0 Å². The first kappa shape index (κ1) is 49.5. The Labute approximate surface area is 383 Å². The van der Waals surface area contributed by atoms with Crippen molar-refractivity contribution in [1.82, 2.24) is 5.32 Å². The van der Waals surface area contributed by atoms with Gasteiger partial charge in [0, 0.05) is 29.9 Å². The van der Waals surface area contributed by atoms with Crippen LogP contribution in [0.1, 0.15) is 77.2 Å². The molecule has 0 fully saturated rings. The highest BCUT2D eigenvalue weighted by molar-refractivity contribution is 6.10. The van der Waals surface area contributed by atoms with Crippen molar-refractivity contribution < 1.29 is 44.1 Å². The summed E-state index contributed by atoms with van der Waals surface area (Å²) >= 11 is 0. The Morgan fingerprint density at radius 1 is 0.738 bits per heavy atom. The Morgan fingerprint density at radius 2 is 1.37 bits per heavy atom. The van der Waals surface area contributed by atoms with Crippen molar-refractivity contribution in [3.8, 4) is 22.6 Å². The van der Waals surface area contributed by atoms with Crippen molar-refractivity contribution in [3.63, 3.8) is 0 Å². The molecule has 0 aliphatic rings. The number of benzene rings is 5. The number of amides is 1. The van der Waals surface area contributed by atoms with Crippen LogP contribution in [0, 0.1) is 17.8 Å². The molecule has 0 saturated heterocycles. The number of ether oxygens (including phenoxy) is 3. The molecule has 12 heteroatoms. The standard InChI is InChI=1S/C53H65N5O7/c1-4-15-41(52(62)65-34-37-16-6-5-7-17-37)33-46(60)45(23-14-30-57-53(55)56)58-51(61)40(20-12-13-29-54)32-42(59)35-64-48-27-25-39-19-9-11-22-44(39)50(48)49-43-21-10-8-18-38(43)24-26-47(49)63-31-28-36(2)3/h4-11,16-19,21-22,24-27,36,40-41,45H,1,12-15,20,23,28-35,54H2,2-3H3,(H,58,61)(H4,55,56,57)/p+2/t40-,41+,45+/m0/s1. The van der Waals surface area contributed by atoms with Crippen LogP contribution in [0.15, 0.2) is 116 Å². The molecule has 65 heavy (non-hydrogen) atoms. The lowest BCUT2D eigenvalue weighted by atomic mass is 9.91. The molecule has 0 aromatic heterocycles. The number of fused-ring (bicyclic) bond motifs is 2. The number of guanidine groups is 1. The van der Waals surface area contributed by atoms with Crippen LogP contribution in [0.3, 0.4) is 0 Å². The summed E-state index contributed by atoms with van der Waals surface area (Å²) in [6, 6.07) is 32.5. The summed E-state index contributed by atoms with van der Waals surface area (Å²) in [6.07, 6.45) is 4.93. The van der Waals surface area contributed by atoms with E-state index in [0.717, 1.165) is 56.8 Å². The SMILES string of the molecule is C=CC[C@H](CC(=O)[C@@H](CCC[NH+]=C(N)N)NC(=O)[C@@H](CCCC[NH3+])CC(=O)COc1ccc2ccccc2c1-c1c(OCCC(C)C)ccc2ccccc12)C(=O)OCc1ccccc1. The highest BCUT2D eigenvalue weighted by Gasteiger charge is 2.31. The minimum Gasteiger partial charge on any atom is -0.493 e. The molecule has 3 atom stereocenters. The minimum atomic E-state index is -0.947. The van der Waals surface area contributed by atoms with Crippen molar-refractivity contribution in [2.75, 3.05) is 26.3 Å². The fraction of sp³-hybridized carbons (Fsp3) is 0.377. The largest absolute Gasteiger partial charge is 0.493 e. The molecule has 0 aliphatic carbocycles. The first-order valence-electron chi connectivity index (χ1n) is 22.9. The van der Waals surface area contributed by atoms with Crippen LogP contribution in [0.5, 0.6) is 11.5 Å². The molecule has 0 radical (unpaired) electrons. The van der Waals surface area contributed by atoms with E-state index in [1.165, 1.54) is 0 Å². The van der Waals surface area contributed by atoms with Gasteiger partial charge in [0.05, 0.1) is 31.7 Å². The van der Waals surface area contributed by atoms with E-state index in [9.17, 15) is 19.2 Å². The zero-order chi connectivity index (χ0) is 46.6. The maximum Gasteiger partial charge on any atom is 0.338 e. The van der Waals surface area contributed by atoms with Gasteiger partial charge in [-0.2, -0.15) is 0 Å². The molecular weight excluding hydrogens is 819 g/mol. The summed E-state index contributed by atoms with van der Waals surface area (Å²) in [4.78, 5) is 58.4. The van der Waals surface area contributed by atoms with Gasteiger partial charge >= 0.3 is 11.9 Å². The summed E-state index contributed by atoms with van der Waals surface area (Å²) in [5, 5.41) is 6.96. The van der Waals surface area contributed by atoms with Gasteiger partial charge in [-0.25, -0.2) is 0 Å². The molecular formula is C53H67N5O7+2. The molecule has 5 rings (SSSR count). The number of Topliss-reactive ketones (excluding diaryl/α,β-unsaturated/α-hetero) is 2. The summed E-state index contributed by atoms with van der Waals surface area (Å²) < 4.78 is 18.6. The monoisotopic (exact) mass is 886 g/mol. The van der Waals surface area contributed by atoms with E-state index in [2.05, 4.69) is 54.7 Å². The predicted molar refractivity (Wildman–Crippen MR) is 257 cm³/mol. The molecule has 0 saturated carbocycles. The minimum absolute atomic E-state index is 0.0404. The van der Waals surface area contributed by atoms with Crippen LogP contribution in [0.4, 0.5) is 0 Å². The Morgan fingerprint density at radius 3 is 1.98 bits per heavy atom. The number of esters is 1. The molecule has 0 aliphatic heterocycles. The zero-order valence-corrected chi connectivity index (χ0v) is 38.0. The van der Waals surface area contributed by atoms with E-state index < -0.39 is 29.8 Å². The lowest BCUT2D eigenvalue weighted by molar-refractivity contribution is -0.459. The van der Waals surface area contributed by atoms with Crippen molar-refractivity contribution in [2.45, 2.75) is 84.3 Å². The molecule has 0 bridgehead atoms. The van der Waals surface area contributed by atoms with Gasteiger partial charge in [0.1, 0.15) is 24.7 Å². The second-order valence-corrected chi connectivity index (χ2v) is 17.0. The Kier molecular flexibility index (Phi) is 19.6. The maximum absolute atomic E-state index is 14.2. The van der Waals surface area contributed by atoms with Gasteiger partial charge in [0.15, 0.2) is 11.6 Å². The van der Waals surface area contributed by atoms with E-state index in [0.29, 0.717) is 50.6 Å². The van der Waals surface area contributed by atoms with Gasteiger partial charge in [-0.15, -0.1) is 6.58 Å². The fourth-order valence-corrected chi connectivity index (χ4v) is 7.89. The number of hydrogen-bond acceptors (Lipinski definition) is 7. The van der Waals surface area contributed by atoms with Crippen LogP contribution in [0.2, 0.25) is 0 Å². The zero-order valence-electron chi connectivity index (χ0n) is 38.0. The average molecular weight is 886 g/mol. The molecule has 0 unspecified atom stereocenters. The number of allylic oxidation sites excluding steroid dienone is 1. The molecule has 5 aromatic rings. The Hall–Kier alpha value is -6.53. The molecule has 9 N–H and O–H groups in total. The van der Waals surface area contributed by atoms with Gasteiger partial charge in [0.25, 0.3) is 0 Å². The number of rotatable bonds is 28. The van der Waals surface area contributed by atoms with E-state index in [1.54, 1.807) is 6.08 Å². The predicted octanol–water partition coefficient (Wildman–Crippen LogP) is 5.97. The number of hydrogen-bond donors (Lipinski definition) is 5. The Bertz CT molecular complexity index is 2400. The van der Waals surface area contributed by atoms with E-state index in [4.69, 9.17) is 25.7 Å². The van der Waals surface area contributed by atoms with Crippen LogP contribution in [0.25, 0.3) is 32.7 Å². The topological polar surface area (TPSA) is 202 Å². The number of nitrogens with one attached hydrogen (secondary N) is 2. The van der Waals surface area contributed by atoms with Crippen LogP contribution < -0.4 is 37.0 Å². The first-order valence-corrected chi connectivity index (χ1v) is 22.9. The highest BCUT2D eigenvalue weighted by atomic mass is 16.5. The van der Waals surface area contributed by atoms with Gasteiger partial charge < -0.3 is 25.3 Å². The molecule has 344 valence electrons. The van der Waals surface area contributed by atoms with E-state index in [1.807, 2.05) is 84.9 Å². The molecule has 0 heterocycles. The van der Waals surface area contributed by atoms with Crippen LogP contribution in [-0.4, -0.2) is 61.7 Å². The second kappa shape index (κ2) is 25.7. The average Bonchev–Trinajstić information content (AvgIpc) is 3.30. The molecule has 1 amide bonds. The normalized spacial score (nSPS) is 12.6. The van der Waals surface area contributed by atoms with Crippen molar-refractivity contribution in [1.29, 1.82) is 0 Å². The lowest BCUT2D eigenvalue weighted by Gasteiger charge is -2.23. The highest BCUT2D eigenvalue weighted by Crippen LogP contribution is 2.45. The van der Waals surface area contributed by atoms with Gasteiger partial charge in [-0.1, -0.05) is 111 Å². The van der Waals surface area contributed by atoms with Crippen molar-refractivity contribution in [3.05, 3.63) is 121 Å². The third-order valence-electron chi connectivity index (χ3n) is 11.4. The summed E-state index contributed by atoms with van der Waals surface area (Å²) in [6.45, 7) is 9.49. The van der Waals surface area contributed by atoms with Crippen LogP contribution in [-0.2, 0) is 30.5 Å². The molecule has 0 spiro atoms. The molecule has 12 nitrogen and oxygen atoms in total. The lowest BCUT2D eigenvalue weighted by Crippen LogP contribution is -2.78. The summed E-state index contributed by atoms with van der Waals surface area (Å²) in [5.74, 6) is -1.33. The van der Waals surface area contributed by atoms with Gasteiger partial charge in [0.2, 0.25) is 5.91 Å². The number of carbonyl (C=O) groups is 4. The summed E-state index contributed by atoms with van der Waals surface area (Å²) in [7, 11) is 0. The van der Waals surface area contributed by atoms with Crippen LogP contribution >= 0.6 is 0 Å².